The number of piperazine rings is 1. The van der Waals surface area contributed by atoms with Gasteiger partial charge in [0.15, 0.2) is 0 Å². The smallest absolute Gasteiger partial charge is 0.264 e. The summed E-state index contributed by atoms with van der Waals surface area (Å²) in [7, 11) is 0. The Kier molecular flexibility index (Phi) is 4.28. The average molecular weight is 408 g/mol. The van der Waals surface area contributed by atoms with Crippen LogP contribution in [0, 0.1) is 5.82 Å². The van der Waals surface area contributed by atoms with E-state index in [4.69, 9.17) is 0 Å². The number of hydrogen-bond donors (Lipinski definition) is 1. The summed E-state index contributed by atoms with van der Waals surface area (Å²) in [4.78, 5) is 37.0. The van der Waals surface area contributed by atoms with Crippen molar-refractivity contribution >= 4 is 44.3 Å². The number of H-pyrrole nitrogens is 1. The Bertz CT molecular complexity index is 1240. The lowest BCUT2D eigenvalue weighted by molar-refractivity contribution is 0.0538. The van der Waals surface area contributed by atoms with Crippen molar-refractivity contribution in [2.75, 3.05) is 26.2 Å². The zero-order chi connectivity index (χ0) is 20.0. The summed E-state index contributed by atoms with van der Waals surface area (Å²) >= 11 is 1.37. The molecule has 2 aromatic carbocycles. The predicted molar refractivity (Wildman–Crippen MR) is 110 cm³/mol. The van der Waals surface area contributed by atoms with E-state index in [0.717, 1.165) is 21.1 Å². The Balaban J connectivity index is 1.27. The maximum Gasteiger partial charge on any atom is 0.264 e. The van der Waals surface area contributed by atoms with Crippen molar-refractivity contribution in [1.29, 1.82) is 0 Å². The minimum atomic E-state index is -0.310. The maximum absolute atomic E-state index is 13.4. The van der Waals surface area contributed by atoms with Crippen LogP contribution in [-0.2, 0) is 0 Å². The Morgan fingerprint density at radius 2 is 1.72 bits per heavy atom. The molecule has 3 heterocycles. The third-order valence-electron chi connectivity index (χ3n) is 5.21. The number of rotatable bonds is 2. The topological polar surface area (TPSA) is 69.3 Å². The number of thiophene rings is 1. The van der Waals surface area contributed by atoms with E-state index < -0.39 is 0 Å². The Hall–Kier alpha value is -3.26. The van der Waals surface area contributed by atoms with Crippen LogP contribution in [0.15, 0.2) is 48.8 Å². The molecule has 0 atom stereocenters. The SMILES string of the molecule is O=C(c1ccc2nc[nH]c2c1)N1CCN(C(=O)c2cc3cc(F)ccc3s2)CC1. The number of hydrogen-bond acceptors (Lipinski definition) is 4. The molecule has 2 aromatic heterocycles. The maximum atomic E-state index is 13.4. The monoisotopic (exact) mass is 408 g/mol. The van der Waals surface area contributed by atoms with Gasteiger partial charge in [0, 0.05) is 36.4 Å². The molecule has 1 fully saturated rings. The van der Waals surface area contributed by atoms with Crippen LogP contribution in [-0.4, -0.2) is 57.8 Å². The second-order valence-corrected chi connectivity index (χ2v) is 8.10. The summed E-state index contributed by atoms with van der Waals surface area (Å²) in [5.74, 6) is -0.432. The second kappa shape index (κ2) is 6.97. The summed E-state index contributed by atoms with van der Waals surface area (Å²) in [6, 6.07) is 11.7. The van der Waals surface area contributed by atoms with Gasteiger partial charge in [-0.1, -0.05) is 0 Å². The summed E-state index contributed by atoms with van der Waals surface area (Å²) in [5.41, 5.74) is 2.25. The van der Waals surface area contributed by atoms with E-state index in [1.54, 1.807) is 40.4 Å². The van der Waals surface area contributed by atoms with E-state index in [-0.39, 0.29) is 17.6 Å². The molecule has 1 aliphatic heterocycles. The van der Waals surface area contributed by atoms with Crippen molar-refractivity contribution in [2.45, 2.75) is 0 Å². The van der Waals surface area contributed by atoms with Crippen molar-refractivity contribution in [3.05, 3.63) is 65.0 Å². The van der Waals surface area contributed by atoms with Gasteiger partial charge in [-0.3, -0.25) is 9.59 Å². The lowest BCUT2D eigenvalue weighted by Gasteiger charge is -2.34. The van der Waals surface area contributed by atoms with E-state index in [1.165, 1.54) is 23.5 Å². The second-order valence-electron chi connectivity index (χ2n) is 7.01. The molecule has 0 aliphatic carbocycles. The molecule has 146 valence electrons. The standard InChI is InChI=1S/C21H17FN4O2S/c22-15-2-4-18-14(9-15)11-19(29-18)21(28)26-7-5-25(6-8-26)20(27)13-1-3-16-17(10-13)24-12-23-16/h1-4,9-12H,5-8H2,(H,23,24). The van der Waals surface area contributed by atoms with Gasteiger partial charge in [0.1, 0.15) is 5.82 Å². The van der Waals surface area contributed by atoms with Gasteiger partial charge in [-0.25, -0.2) is 9.37 Å². The molecular weight excluding hydrogens is 391 g/mol. The van der Waals surface area contributed by atoms with Gasteiger partial charge in [-0.05, 0) is 47.9 Å². The highest BCUT2D eigenvalue weighted by Crippen LogP contribution is 2.27. The zero-order valence-corrected chi connectivity index (χ0v) is 16.2. The fraction of sp³-hybridized carbons (Fsp3) is 0.190. The largest absolute Gasteiger partial charge is 0.345 e. The van der Waals surface area contributed by atoms with Crippen LogP contribution >= 0.6 is 11.3 Å². The molecule has 0 unspecified atom stereocenters. The third-order valence-corrected chi connectivity index (χ3v) is 6.31. The van der Waals surface area contributed by atoms with Crippen molar-refractivity contribution in [1.82, 2.24) is 19.8 Å². The predicted octanol–water partition coefficient (Wildman–Crippen LogP) is 3.51. The third kappa shape index (κ3) is 3.25. The zero-order valence-electron chi connectivity index (χ0n) is 15.4. The molecule has 1 N–H and O–H groups in total. The summed E-state index contributed by atoms with van der Waals surface area (Å²) in [6.45, 7) is 1.90. The minimum absolute atomic E-state index is 0.0501. The molecule has 5 rings (SSSR count). The van der Waals surface area contributed by atoms with E-state index >= 15 is 0 Å². The molecule has 6 nitrogen and oxygen atoms in total. The number of amides is 2. The van der Waals surface area contributed by atoms with E-state index in [9.17, 15) is 14.0 Å². The quantitative estimate of drug-likeness (QED) is 0.552. The number of carbonyl (C=O) groups is 2. The molecule has 0 bridgehead atoms. The molecule has 1 aliphatic rings. The first-order valence-corrected chi connectivity index (χ1v) is 10.1. The van der Waals surface area contributed by atoms with Gasteiger partial charge in [-0.15, -0.1) is 11.3 Å². The fourth-order valence-electron chi connectivity index (χ4n) is 3.64. The first-order valence-electron chi connectivity index (χ1n) is 9.29. The van der Waals surface area contributed by atoms with Crippen LogP contribution in [0.3, 0.4) is 0 Å². The van der Waals surface area contributed by atoms with Gasteiger partial charge in [0.05, 0.1) is 22.2 Å². The normalized spacial score (nSPS) is 14.7. The van der Waals surface area contributed by atoms with Crippen LogP contribution < -0.4 is 0 Å². The number of nitrogens with one attached hydrogen (secondary N) is 1. The summed E-state index contributed by atoms with van der Waals surface area (Å²) < 4.78 is 14.3. The molecule has 8 heteroatoms. The fourth-order valence-corrected chi connectivity index (χ4v) is 4.65. The van der Waals surface area contributed by atoms with Crippen LogP contribution in [0.25, 0.3) is 21.1 Å². The van der Waals surface area contributed by atoms with Crippen molar-refractivity contribution in [2.24, 2.45) is 0 Å². The first kappa shape index (κ1) is 17.8. The number of imidazole rings is 1. The molecule has 29 heavy (non-hydrogen) atoms. The Labute approximate surface area is 169 Å². The van der Waals surface area contributed by atoms with E-state index in [2.05, 4.69) is 9.97 Å². The summed E-state index contributed by atoms with van der Waals surface area (Å²) in [5, 5.41) is 0.737. The number of carbonyl (C=O) groups excluding carboxylic acids is 2. The highest BCUT2D eigenvalue weighted by Gasteiger charge is 2.26. The highest BCUT2D eigenvalue weighted by atomic mass is 32.1. The highest BCUT2D eigenvalue weighted by molar-refractivity contribution is 7.20. The van der Waals surface area contributed by atoms with Crippen LogP contribution in [0.5, 0.6) is 0 Å². The molecule has 0 spiro atoms. The Morgan fingerprint density at radius 3 is 2.52 bits per heavy atom. The average Bonchev–Trinajstić information content (AvgIpc) is 3.38. The van der Waals surface area contributed by atoms with Gasteiger partial charge in [-0.2, -0.15) is 0 Å². The number of aromatic amines is 1. The van der Waals surface area contributed by atoms with E-state index in [0.29, 0.717) is 36.6 Å². The lowest BCUT2D eigenvalue weighted by Crippen LogP contribution is -2.50. The number of nitrogens with zero attached hydrogens (tertiary/aromatic N) is 3. The number of halogens is 1. The molecule has 2 amide bonds. The van der Waals surface area contributed by atoms with Crippen molar-refractivity contribution in [3.63, 3.8) is 0 Å². The number of aromatic nitrogens is 2. The minimum Gasteiger partial charge on any atom is -0.345 e. The van der Waals surface area contributed by atoms with Crippen LogP contribution in [0.2, 0.25) is 0 Å². The van der Waals surface area contributed by atoms with Crippen LogP contribution in [0.1, 0.15) is 20.0 Å². The van der Waals surface area contributed by atoms with Crippen molar-refractivity contribution in [3.8, 4) is 0 Å². The molecular formula is C21H17FN4O2S. The number of benzene rings is 2. The van der Waals surface area contributed by atoms with Crippen molar-refractivity contribution < 1.29 is 14.0 Å². The lowest BCUT2D eigenvalue weighted by atomic mass is 10.1. The van der Waals surface area contributed by atoms with Gasteiger partial charge < -0.3 is 14.8 Å². The van der Waals surface area contributed by atoms with E-state index in [1.807, 2.05) is 6.07 Å². The Morgan fingerprint density at radius 1 is 0.966 bits per heavy atom. The van der Waals surface area contributed by atoms with Gasteiger partial charge in [0.2, 0.25) is 0 Å². The number of fused-ring (bicyclic) bond motifs is 2. The molecule has 0 radical (unpaired) electrons. The molecule has 1 saturated heterocycles. The van der Waals surface area contributed by atoms with Gasteiger partial charge >= 0.3 is 0 Å². The summed E-state index contributed by atoms with van der Waals surface area (Å²) in [6.07, 6.45) is 1.60. The molecule has 0 saturated carbocycles. The van der Waals surface area contributed by atoms with Crippen LogP contribution in [0.4, 0.5) is 4.39 Å². The first-order chi connectivity index (χ1) is 14.1. The molecule has 4 aromatic rings. The van der Waals surface area contributed by atoms with Gasteiger partial charge in [0.25, 0.3) is 11.8 Å².